The van der Waals surface area contributed by atoms with Crippen molar-refractivity contribution in [1.29, 1.82) is 0 Å². The normalized spacial score (nSPS) is 11.7. The molecule has 0 aliphatic heterocycles. The number of halogens is 5. The van der Waals surface area contributed by atoms with Gasteiger partial charge in [0.1, 0.15) is 22.1 Å². The van der Waals surface area contributed by atoms with Crippen molar-refractivity contribution >= 4 is 46.8 Å². The van der Waals surface area contributed by atoms with Crippen LogP contribution in [0.15, 0.2) is 17.2 Å². The van der Waals surface area contributed by atoms with Gasteiger partial charge in [0.2, 0.25) is 0 Å². The SMILES string of the molecule is CSc1nn(-c2c(Cl)cc(C(F)(F)F)cc2Cl)c(N)c1C(=O)O. The number of hydrogen-bond donors (Lipinski definition) is 2. The number of hydrogen-bond acceptors (Lipinski definition) is 4. The second kappa shape index (κ2) is 6.14. The van der Waals surface area contributed by atoms with Crippen molar-refractivity contribution in [3.8, 4) is 5.69 Å². The molecule has 0 bridgehead atoms. The number of anilines is 1. The number of alkyl halides is 3. The van der Waals surface area contributed by atoms with Crippen molar-refractivity contribution in [2.45, 2.75) is 11.2 Å². The molecule has 0 saturated carbocycles. The number of carbonyl (C=O) groups is 1. The monoisotopic (exact) mass is 385 g/mol. The smallest absolute Gasteiger partial charge is 0.416 e. The second-order valence-electron chi connectivity index (χ2n) is 4.27. The molecule has 3 N–H and O–H groups in total. The highest BCUT2D eigenvalue weighted by Crippen LogP contribution is 2.39. The summed E-state index contributed by atoms with van der Waals surface area (Å²) in [6, 6.07) is 1.34. The van der Waals surface area contributed by atoms with E-state index in [2.05, 4.69) is 5.10 Å². The molecular weight excluding hydrogens is 378 g/mol. The first kappa shape index (κ1) is 17.8. The first-order valence-electron chi connectivity index (χ1n) is 5.80. The topological polar surface area (TPSA) is 81.1 Å². The van der Waals surface area contributed by atoms with Gasteiger partial charge < -0.3 is 10.8 Å². The van der Waals surface area contributed by atoms with Crippen LogP contribution in [0.1, 0.15) is 15.9 Å². The Hall–Kier alpha value is -1.58. The van der Waals surface area contributed by atoms with Crippen LogP contribution in [0.25, 0.3) is 5.69 Å². The van der Waals surface area contributed by atoms with Crippen molar-refractivity contribution in [3.05, 3.63) is 33.3 Å². The molecule has 0 aliphatic rings. The molecule has 0 radical (unpaired) electrons. The number of rotatable bonds is 3. The minimum atomic E-state index is -4.63. The summed E-state index contributed by atoms with van der Waals surface area (Å²) in [6.07, 6.45) is -3.05. The van der Waals surface area contributed by atoms with Crippen LogP contribution in [0.2, 0.25) is 10.0 Å². The zero-order chi connectivity index (χ0) is 17.5. The average molecular weight is 386 g/mol. The molecule has 124 valence electrons. The average Bonchev–Trinajstić information content (AvgIpc) is 2.74. The largest absolute Gasteiger partial charge is 0.477 e. The summed E-state index contributed by atoms with van der Waals surface area (Å²) >= 11 is 12.8. The third-order valence-corrected chi connectivity index (χ3v) is 4.10. The van der Waals surface area contributed by atoms with Gasteiger partial charge in [0, 0.05) is 0 Å². The summed E-state index contributed by atoms with van der Waals surface area (Å²) < 4.78 is 39.2. The van der Waals surface area contributed by atoms with E-state index >= 15 is 0 Å². The summed E-state index contributed by atoms with van der Waals surface area (Å²) in [7, 11) is 0. The number of nitrogens with two attached hydrogens (primary N) is 1. The van der Waals surface area contributed by atoms with Gasteiger partial charge in [-0.3, -0.25) is 0 Å². The molecular formula is C12H8Cl2F3N3O2S. The number of aromatic carboxylic acids is 1. The lowest BCUT2D eigenvalue weighted by atomic mass is 10.2. The highest BCUT2D eigenvalue weighted by atomic mass is 35.5. The molecule has 1 heterocycles. The Bertz CT molecular complexity index is 770. The molecule has 0 atom stereocenters. The molecule has 23 heavy (non-hydrogen) atoms. The van der Waals surface area contributed by atoms with Crippen LogP contribution in [-0.2, 0) is 6.18 Å². The molecule has 2 rings (SSSR count). The lowest BCUT2D eigenvalue weighted by Crippen LogP contribution is -2.09. The van der Waals surface area contributed by atoms with Gasteiger partial charge in [-0.25, -0.2) is 9.48 Å². The molecule has 0 unspecified atom stereocenters. The predicted molar refractivity (Wildman–Crippen MR) is 81.7 cm³/mol. The van der Waals surface area contributed by atoms with Gasteiger partial charge in [-0.2, -0.15) is 18.3 Å². The fourth-order valence-electron chi connectivity index (χ4n) is 1.86. The third kappa shape index (κ3) is 3.22. The zero-order valence-corrected chi connectivity index (χ0v) is 13.6. The Labute approximate surface area is 142 Å². The summed E-state index contributed by atoms with van der Waals surface area (Å²) in [5.41, 5.74) is 4.31. The van der Waals surface area contributed by atoms with Gasteiger partial charge in [0.05, 0.1) is 15.6 Å². The van der Waals surface area contributed by atoms with Crippen LogP contribution in [0.3, 0.4) is 0 Å². The molecule has 0 fully saturated rings. The number of thioether (sulfide) groups is 1. The third-order valence-electron chi connectivity index (χ3n) is 2.85. The molecule has 2 aromatic rings. The Morgan fingerprint density at radius 1 is 1.35 bits per heavy atom. The Kier molecular flexibility index (Phi) is 4.74. The number of carboxylic acids is 1. The van der Waals surface area contributed by atoms with Crippen molar-refractivity contribution in [3.63, 3.8) is 0 Å². The van der Waals surface area contributed by atoms with E-state index in [1.807, 2.05) is 0 Å². The molecule has 11 heteroatoms. The molecule has 0 spiro atoms. The van der Waals surface area contributed by atoms with Gasteiger partial charge in [-0.15, -0.1) is 11.8 Å². The summed E-state index contributed by atoms with van der Waals surface area (Å²) in [6.45, 7) is 0. The maximum Gasteiger partial charge on any atom is 0.416 e. The van der Waals surface area contributed by atoms with E-state index in [-0.39, 0.29) is 32.1 Å². The first-order valence-corrected chi connectivity index (χ1v) is 7.78. The predicted octanol–water partition coefficient (Wildman–Crippen LogP) is 4.20. The number of nitrogens with zero attached hydrogens (tertiary/aromatic N) is 2. The van der Waals surface area contributed by atoms with Gasteiger partial charge >= 0.3 is 12.1 Å². The van der Waals surface area contributed by atoms with Crippen molar-refractivity contribution in [1.82, 2.24) is 9.78 Å². The van der Waals surface area contributed by atoms with Crippen LogP contribution in [0.4, 0.5) is 19.0 Å². The van der Waals surface area contributed by atoms with E-state index < -0.39 is 17.7 Å². The first-order chi connectivity index (χ1) is 10.6. The maximum atomic E-state index is 12.7. The van der Waals surface area contributed by atoms with Crippen LogP contribution < -0.4 is 5.73 Å². The maximum absolute atomic E-state index is 12.7. The number of aromatic nitrogens is 2. The van der Waals surface area contributed by atoms with Gasteiger partial charge in [0.25, 0.3) is 0 Å². The highest BCUT2D eigenvalue weighted by Gasteiger charge is 2.33. The van der Waals surface area contributed by atoms with E-state index in [0.717, 1.165) is 16.4 Å². The summed E-state index contributed by atoms with van der Waals surface area (Å²) in [4.78, 5) is 11.2. The lowest BCUT2D eigenvalue weighted by Gasteiger charge is -2.13. The van der Waals surface area contributed by atoms with E-state index in [4.69, 9.17) is 34.0 Å². The Morgan fingerprint density at radius 3 is 2.22 bits per heavy atom. The van der Waals surface area contributed by atoms with Crippen molar-refractivity contribution in [2.24, 2.45) is 0 Å². The minimum Gasteiger partial charge on any atom is -0.477 e. The van der Waals surface area contributed by atoms with Crippen LogP contribution in [0, 0.1) is 0 Å². The molecule has 1 aromatic heterocycles. The number of benzene rings is 1. The Morgan fingerprint density at radius 2 is 1.87 bits per heavy atom. The summed E-state index contributed by atoms with van der Waals surface area (Å²) in [5, 5.41) is 12.5. The van der Waals surface area contributed by atoms with Crippen LogP contribution in [-0.4, -0.2) is 27.1 Å². The van der Waals surface area contributed by atoms with Gasteiger partial charge in [0.15, 0.2) is 0 Å². The van der Waals surface area contributed by atoms with E-state index in [0.29, 0.717) is 12.1 Å². The highest BCUT2D eigenvalue weighted by molar-refractivity contribution is 7.98. The van der Waals surface area contributed by atoms with E-state index in [9.17, 15) is 18.0 Å². The van der Waals surface area contributed by atoms with E-state index in [1.165, 1.54) is 0 Å². The van der Waals surface area contributed by atoms with Crippen LogP contribution in [0.5, 0.6) is 0 Å². The van der Waals surface area contributed by atoms with Crippen molar-refractivity contribution < 1.29 is 23.1 Å². The summed E-state index contributed by atoms with van der Waals surface area (Å²) in [5.74, 6) is -1.61. The molecule has 5 nitrogen and oxygen atoms in total. The fourth-order valence-corrected chi connectivity index (χ4v) is 3.06. The number of carboxylic acid groups (broad SMARTS) is 1. The fraction of sp³-hybridized carbons (Fsp3) is 0.167. The second-order valence-corrected chi connectivity index (χ2v) is 5.88. The quantitative estimate of drug-likeness (QED) is 0.773. The Balaban J connectivity index is 2.71. The van der Waals surface area contributed by atoms with Gasteiger partial charge in [-0.05, 0) is 18.4 Å². The van der Waals surface area contributed by atoms with Crippen LogP contribution >= 0.6 is 35.0 Å². The van der Waals surface area contributed by atoms with E-state index in [1.54, 1.807) is 6.26 Å². The molecule has 1 aromatic carbocycles. The molecule has 0 amide bonds. The van der Waals surface area contributed by atoms with Gasteiger partial charge in [-0.1, -0.05) is 23.2 Å². The standard InChI is InChI=1S/C12H8Cl2F3N3O2S/c1-23-10-7(11(21)22)9(18)20(19-10)8-5(13)2-4(3-6(8)14)12(15,16)17/h2-3H,18H2,1H3,(H,21,22). The lowest BCUT2D eigenvalue weighted by molar-refractivity contribution is -0.137. The van der Waals surface area contributed by atoms with Crippen molar-refractivity contribution in [2.75, 3.05) is 12.0 Å². The minimum absolute atomic E-state index is 0.0852. The zero-order valence-electron chi connectivity index (χ0n) is 11.3. The molecule has 0 aliphatic carbocycles. The molecule has 0 saturated heterocycles. The number of nitrogen functional groups attached to an aromatic ring is 1.